The lowest BCUT2D eigenvalue weighted by atomic mass is 10.1. The van der Waals surface area contributed by atoms with Crippen LogP contribution in [0, 0.1) is 0 Å². The second-order valence-electron chi connectivity index (χ2n) is 5.01. The van der Waals surface area contributed by atoms with E-state index in [1.54, 1.807) is 14.0 Å². The average molecular weight is 291 g/mol. The number of hydrogen-bond acceptors (Lipinski definition) is 5. The van der Waals surface area contributed by atoms with Gasteiger partial charge in [-0.25, -0.2) is 0 Å². The zero-order valence-electron chi connectivity index (χ0n) is 12.4. The Morgan fingerprint density at radius 2 is 2.14 bits per heavy atom. The molecule has 0 radical (unpaired) electrons. The van der Waals surface area contributed by atoms with E-state index >= 15 is 0 Å². The number of rotatable bonds is 6. The molecule has 2 amide bonds. The number of para-hydroxylation sites is 1. The van der Waals surface area contributed by atoms with Gasteiger partial charge in [0, 0.05) is 25.9 Å². The first-order chi connectivity index (χ1) is 10.1. The van der Waals surface area contributed by atoms with E-state index in [4.69, 9.17) is 4.74 Å². The van der Waals surface area contributed by atoms with E-state index in [2.05, 4.69) is 10.6 Å². The Morgan fingerprint density at radius 3 is 2.90 bits per heavy atom. The van der Waals surface area contributed by atoms with E-state index < -0.39 is 0 Å². The number of piperazine rings is 1. The van der Waals surface area contributed by atoms with Gasteiger partial charge in [0.1, 0.15) is 6.04 Å². The normalized spacial score (nSPS) is 18.8. The monoisotopic (exact) mass is 291 g/mol. The summed E-state index contributed by atoms with van der Waals surface area (Å²) in [5.74, 6) is -0.520. The van der Waals surface area contributed by atoms with Crippen LogP contribution in [0.4, 0.5) is 5.69 Å². The molecule has 1 fully saturated rings. The Labute approximate surface area is 124 Å². The SMILES string of the molecule is COCCNCc1ccccc1N1CC(=O)NC(=O)C1C. The number of carbonyl (C=O) groups excluding carboxylic acids is 2. The first-order valence-corrected chi connectivity index (χ1v) is 7.01. The van der Waals surface area contributed by atoms with Crippen LogP contribution in [-0.4, -0.2) is 44.7 Å². The minimum atomic E-state index is -0.358. The van der Waals surface area contributed by atoms with Crippen LogP contribution >= 0.6 is 0 Å². The molecule has 1 atom stereocenters. The van der Waals surface area contributed by atoms with Crippen molar-refractivity contribution in [1.82, 2.24) is 10.6 Å². The quantitative estimate of drug-likeness (QED) is 0.582. The van der Waals surface area contributed by atoms with Crippen LogP contribution in [-0.2, 0) is 20.9 Å². The van der Waals surface area contributed by atoms with Crippen molar-refractivity contribution in [2.75, 3.05) is 31.7 Å². The topological polar surface area (TPSA) is 70.7 Å². The molecule has 114 valence electrons. The van der Waals surface area contributed by atoms with Gasteiger partial charge in [-0.2, -0.15) is 0 Å². The van der Waals surface area contributed by atoms with E-state index in [0.29, 0.717) is 13.2 Å². The maximum absolute atomic E-state index is 11.8. The molecule has 21 heavy (non-hydrogen) atoms. The molecule has 1 aromatic carbocycles. The molecule has 6 heteroatoms. The van der Waals surface area contributed by atoms with Crippen molar-refractivity contribution < 1.29 is 14.3 Å². The minimum absolute atomic E-state index is 0.196. The molecule has 1 heterocycles. The molecule has 1 aliphatic heterocycles. The van der Waals surface area contributed by atoms with Crippen LogP contribution in [0.5, 0.6) is 0 Å². The molecule has 0 aromatic heterocycles. The molecule has 1 aromatic rings. The van der Waals surface area contributed by atoms with Crippen molar-refractivity contribution in [2.45, 2.75) is 19.5 Å². The van der Waals surface area contributed by atoms with Gasteiger partial charge in [0.05, 0.1) is 13.2 Å². The summed E-state index contributed by atoms with van der Waals surface area (Å²) in [6.45, 7) is 4.06. The number of methoxy groups -OCH3 is 1. The maximum atomic E-state index is 11.8. The molecule has 0 saturated carbocycles. The number of imide groups is 1. The number of nitrogens with one attached hydrogen (secondary N) is 2. The fourth-order valence-electron chi connectivity index (χ4n) is 2.35. The predicted octanol–water partition coefficient (Wildman–Crippen LogP) is 0.274. The highest BCUT2D eigenvalue weighted by Crippen LogP contribution is 2.23. The van der Waals surface area contributed by atoms with E-state index in [1.807, 2.05) is 29.2 Å². The van der Waals surface area contributed by atoms with E-state index in [0.717, 1.165) is 17.8 Å². The molecular weight excluding hydrogens is 270 g/mol. The molecule has 0 bridgehead atoms. The Balaban J connectivity index is 2.14. The summed E-state index contributed by atoms with van der Waals surface area (Å²) < 4.78 is 5.00. The van der Waals surface area contributed by atoms with Gasteiger partial charge in [0.15, 0.2) is 0 Å². The fourth-order valence-corrected chi connectivity index (χ4v) is 2.35. The summed E-state index contributed by atoms with van der Waals surface area (Å²) in [4.78, 5) is 25.2. The largest absolute Gasteiger partial charge is 0.383 e. The van der Waals surface area contributed by atoms with Gasteiger partial charge in [-0.1, -0.05) is 18.2 Å². The Hall–Kier alpha value is -1.92. The van der Waals surface area contributed by atoms with E-state index in [1.165, 1.54) is 0 Å². The Kier molecular flexibility index (Phi) is 5.30. The zero-order valence-corrected chi connectivity index (χ0v) is 12.4. The second kappa shape index (κ2) is 7.19. The summed E-state index contributed by atoms with van der Waals surface area (Å²) in [5, 5.41) is 5.64. The standard InChI is InChI=1S/C15H21N3O3/c1-11-15(20)17-14(19)10-18(11)13-6-4-3-5-12(13)9-16-7-8-21-2/h3-6,11,16H,7-10H2,1-2H3,(H,17,19,20). The molecule has 0 spiro atoms. The van der Waals surface area contributed by atoms with Gasteiger partial charge < -0.3 is 15.0 Å². The first kappa shape index (κ1) is 15.5. The third-order valence-electron chi connectivity index (χ3n) is 3.52. The number of hydrogen-bond donors (Lipinski definition) is 2. The molecule has 0 aliphatic carbocycles. The summed E-state index contributed by atoms with van der Waals surface area (Å²) >= 11 is 0. The van der Waals surface area contributed by atoms with Crippen LogP contribution in [0.25, 0.3) is 0 Å². The second-order valence-corrected chi connectivity index (χ2v) is 5.01. The van der Waals surface area contributed by atoms with Crippen LogP contribution in [0.15, 0.2) is 24.3 Å². The van der Waals surface area contributed by atoms with Gasteiger partial charge in [-0.05, 0) is 18.6 Å². The fraction of sp³-hybridized carbons (Fsp3) is 0.467. The van der Waals surface area contributed by atoms with Gasteiger partial charge in [-0.3, -0.25) is 14.9 Å². The molecule has 1 aliphatic rings. The average Bonchev–Trinajstić information content (AvgIpc) is 2.48. The van der Waals surface area contributed by atoms with Crippen molar-refractivity contribution in [1.29, 1.82) is 0 Å². The van der Waals surface area contributed by atoms with Crippen molar-refractivity contribution >= 4 is 17.5 Å². The number of nitrogens with zero attached hydrogens (tertiary/aromatic N) is 1. The van der Waals surface area contributed by atoms with Crippen LogP contribution in [0.3, 0.4) is 0 Å². The molecular formula is C15H21N3O3. The summed E-state index contributed by atoms with van der Waals surface area (Å²) in [6, 6.07) is 7.45. The lowest BCUT2D eigenvalue weighted by Gasteiger charge is -2.34. The van der Waals surface area contributed by atoms with Gasteiger partial charge in [-0.15, -0.1) is 0 Å². The highest BCUT2D eigenvalue weighted by atomic mass is 16.5. The van der Waals surface area contributed by atoms with Crippen molar-refractivity contribution in [2.24, 2.45) is 0 Å². The smallest absolute Gasteiger partial charge is 0.249 e. The lowest BCUT2D eigenvalue weighted by molar-refractivity contribution is -0.132. The minimum Gasteiger partial charge on any atom is -0.383 e. The van der Waals surface area contributed by atoms with Crippen molar-refractivity contribution in [3.8, 4) is 0 Å². The number of benzene rings is 1. The van der Waals surface area contributed by atoms with E-state index in [9.17, 15) is 9.59 Å². The van der Waals surface area contributed by atoms with Crippen molar-refractivity contribution in [3.05, 3.63) is 29.8 Å². The summed E-state index contributed by atoms with van der Waals surface area (Å²) in [7, 11) is 1.66. The van der Waals surface area contributed by atoms with Crippen LogP contribution in [0.1, 0.15) is 12.5 Å². The molecule has 6 nitrogen and oxygen atoms in total. The number of ether oxygens (including phenoxy) is 1. The predicted molar refractivity (Wildman–Crippen MR) is 80.0 cm³/mol. The third-order valence-corrected chi connectivity index (χ3v) is 3.52. The van der Waals surface area contributed by atoms with Gasteiger partial charge in [0.25, 0.3) is 0 Å². The number of anilines is 1. The van der Waals surface area contributed by atoms with Crippen LogP contribution < -0.4 is 15.5 Å². The van der Waals surface area contributed by atoms with Crippen molar-refractivity contribution in [3.63, 3.8) is 0 Å². The first-order valence-electron chi connectivity index (χ1n) is 7.01. The third kappa shape index (κ3) is 3.80. The number of carbonyl (C=O) groups is 2. The maximum Gasteiger partial charge on any atom is 0.249 e. The highest BCUT2D eigenvalue weighted by Gasteiger charge is 2.31. The summed E-state index contributed by atoms with van der Waals surface area (Å²) in [6.07, 6.45) is 0. The lowest BCUT2D eigenvalue weighted by Crippen LogP contribution is -2.57. The van der Waals surface area contributed by atoms with Gasteiger partial charge in [0.2, 0.25) is 11.8 Å². The molecule has 2 N–H and O–H groups in total. The molecule has 1 unspecified atom stereocenters. The Bertz CT molecular complexity index is 519. The van der Waals surface area contributed by atoms with Crippen LogP contribution in [0.2, 0.25) is 0 Å². The van der Waals surface area contributed by atoms with Gasteiger partial charge >= 0.3 is 0 Å². The highest BCUT2D eigenvalue weighted by molar-refractivity contribution is 6.04. The Morgan fingerprint density at radius 1 is 1.38 bits per heavy atom. The molecule has 1 saturated heterocycles. The zero-order chi connectivity index (χ0) is 15.2. The number of amides is 2. The summed E-state index contributed by atoms with van der Waals surface area (Å²) in [5.41, 5.74) is 1.97. The molecule has 2 rings (SSSR count). The van der Waals surface area contributed by atoms with E-state index in [-0.39, 0.29) is 24.4 Å².